The van der Waals surface area contributed by atoms with Crippen LogP contribution in [0.5, 0.6) is 0 Å². The van der Waals surface area contributed by atoms with Gasteiger partial charge in [0, 0.05) is 30.1 Å². The first-order valence-corrected chi connectivity index (χ1v) is 8.43. The van der Waals surface area contributed by atoms with Crippen molar-refractivity contribution >= 4 is 17.6 Å². The van der Waals surface area contributed by atoms with Gasteiger partial charge in [0.25, 0.3) is 11.6 Å². The molecule has 27 heavy (non-hydrogen) atoms. The number of non-ortho nitro benzene ring substituents is 1. The van der Waals surface area contributed by atoms with Gasteiger partial charge in [-0.2, -0.15) is 0 Å². The number of hydrogen-bond acceptors (Lipinski definition) is 5. The largest absolute Gasteiger partial charge is 0.550 e. The van der Waals surface area contributed by atoms with Crippen LogP contribution in [0.2, 0.25) is 0 Å². The van der Waals surface area contributed by atoms with Crippen molar-refractivity contribution in [3.05, 3.63) is 75.3 Å². The van der Waals surface area contributed by atoms with E-state index in [0.29, 0.717) is 11.1 Å². The van der Waals surface area contributed by atoms with Crippen molar-refractivity contribution in [1.82, 2.24) is 5.32 Å². The molecule has 0 bridgehead atoms. The van der Waals surface area contributed by atoms with E-state index in [4.69, 9.17) is 0 Å². The van der Waals surface area contributed by atoms with Crippen molar-refractivity contribution in [2.75, 3.05) is 0 Å². The van der Waals surface area contributed by atoms with Gasteiger partial charge in [0.15, 0.2) is 0 Å². The number of carboxylic acids is 1. The van der Waals surface area contributed by atoms with Crippen LogP contribution in [-0.2, 0) is 10.2 Å². The fourth-order valence-electron chi connectivity index (χ4n) is 2.64. The highest BCUT2D eigenvalue weighted by Gasteiger charge is 2.19. The summed E-state index contributed by atoms with van der Waals surface area (Å²) in [4.78, 5) is 34.0. The van der Waals surface area contributed by atoms with Crippen molar-refractivity contribution in [2.45, 2.75) is 38.6 Å². The first kappa shape index (κ1) is 20.1. The van der Waals surface area contributed by atoms with Crippen LogP contribution in [-0.4, -0.2) is 16.8 Å². The van der Waals surface area contributed by atoms with Gasteiger partial charge in [0.1, 0.15) is 0 Å². The van der Waals surface area contributed by atoms with E-state index in [9.17, 15) is 24.8 Å². The van der Waals surface area contributed by atoms with Crippen LogP contribution in [0.3, 0.4) is 0 Å². The summed E-state index contributed by atoms with van der Waals surface area (Å²) in [6, 6.07) is 11.6. The van der Waals surface area contributed by atoms with Gasteiger partial charge < -0.3 is 15.2 Å². The number of rotatable bonds is 6. The molecule has 0 fully saturated rings. The summed E-state index contributed by atoms with van der Waals surface area (Å²) in [5.41, 5.74) is 1.52. The van der Waals surface area contributed by atoms with Crippen LogP contribution < -0.4 is 10.4 Å². The lowest BCUT2D eigenvalue weighted by molar-refractivity contribution is -0.385. The average molecular weight is 369 g/mol. The van der Waals surface area contributed by atoms with Crippen LogP contribution in [0.15, 0.2) is 48.5 Å². The molecule has 1 atom stereocenters. The van der Waals surface area contributed by atoms with Gasteiger partial charge in [-0.1, -0.05) is 45.0 Å². The minimum Gasteiger partial charge on any atom is -0.550 e. The number of carbonyl (C=O) groups is 2. The number of nitrogens with zero attached hydrogens (tertiary/aromatic N) is 1. The first-order chi connectivity index (χ1) is 12.6. The second-order valence-corrected chi connectivity index (χ2v) is 7.28. The Morgan fingerprint density at radius 3 is 2.26 bits per heavy atom. The van der Waals surface area contributed by atoms with Gasteiger partial charge in [-0.25, -0.2) is 0 Å². The number of benzene rings is 2. The molecular weight excluding hydrogens is 348 g/mol. The molecular formula is C20H21N2O5-. The lowest BCUT2D eigenvalue weighted by Crippen LogP contribution is -2.34. The van der Waals surface area contributed by atoms with E-state index in [2.05, 4.69) is 26.1 Å². The second kappa shape index (κ2) is 7.99. The summed E-state index contributed by atoms with van der Waals surface area (Å²) < 4.78 is 0. The Labute approximate surface area is 157 Å². The number of nitro groups is 1. The molecule has 2 rings (SSSR count). The molecule has 0 aliphatic heterocycles. The maximum absolute atomic E-state index is 12.5. The fourth-order valence-corrected chi connectivity index (χ4v) is 2.64. The SMILES string of the molecule is CC(C)(C)c1ccc(C(=O)N[C@H](CC(=O)[O-])c2cccc([N+](=O)[O-])c2)cc1. The van der Waals surface area contributed by atoms with E-state index < -0.39 is 29.3 Å². The highest BCUT2D eigenvalue weighted by molar-refractivity contribution is 5.94. The standard InChI is InChI=1S/C20H22N2O5/c1-20(2,3)15-9-7-13(8-10-15)19(25)21-17(12-18(23)24)14-5-4-6-16(11-14)22(26)27/h4-11,17H,12H2,1-3H3,(H,21,25)(H,23,24)/p-1/t17-/m1/s1. The van der Waals surface area contributed by atoms with E-state index in [1.54, 1.807) is 12.1 Å². The second-order valence-electron chi connectivity index (χ2n) is 7.28. The zero-order valence-corrected chi connectivity index (χ0v) is 15.4. The Kier molecular flexibility index (Phi) is 5.95. The van der Waals surface area contributed by atoms with Crippen LogP contribution >= 0.6 is 0 Å². The van der Waals surface area contributed by atoms with Crippen molar-refractivity contribution in [3.63, 3.8) is 0 Å². The van der Waals surface area contributed by atoms with Crippen molar-refractivity contribution in [3.8, 4) is 0 Å². The summed E-state index contributed by atoms with van der Waals surface area (Å²) >= 11 is 0. The quantitative estimate of drug-likeness (QED) is 0.621. The molecule has 0 radical (unpaired) electrons. The number of nitrogens with one attached hydrogen (secondary N) is 1. The molecule has 0 saturated heterocycles. The van der Waals surface area contributed by atoms with Gasteiger partial charge in [-0.3, -0.25) is 14.9 Å². The molecule has 7 nitrogen and oxygen atoms in total. The van der Waals surface area contributed by atoms with Crippen molar-refractivity contribution < 1.29 is 19.6 Å². The Morgan fingerprint density at radius 1 is 1.11 bits per heavy atom. The van der Waals surface area contributed by atoms with Crippen LogP contribution in [0.1, 0.15) is 54.7 Å². The van der Waals surface area contributed by atoms with E-state index in [-0.39, 0.29) is 11.1 Å². The van der Waals surface area contributed by atoms with Gasteiger partial charge >= 0.3 is 0 Å². The number of aliphatic carboxylic acids is 1. The van der Waals surface area contributed by atoms with Crippen LogP contribution in [0, 0.1) is 10.1 Å². The molecule has 1 amide bonds. The van der Waals surface area contributed by atoms with Crippen molar-refractivity contribution in [2.24, 2.45) is 0 Å². The third-order valence-electron chi connectivity index (χ3n) is 4.17. The lowest BCUT2D eigenvalue weighted by Gasteiger charge is -2.21. The third kappa shape index (κ3) is 5.37. The predicted octanol–water partition coefficient (Wildman–Crippen LogP) is 2.50. The summed E-state index contributed by atoms with van der Waals surface area (Å²) in [7, 11) is 0. The summed E-state index contributed by atoms with van der Waals surface area (Å²) in [6.45, 7) is 6.17. The highest BCUT2D eigenvalue weighted by Crippen LogP contribution is 2.24. The maximum atomic E-state index is 12.5. The molecule has 142 valence electrons. The molecule has 7 heteroatoms. The van der Waals surface area contributed by atoms with Crippen LogP contribution in [0.4, 0.5) is 5.69 Å². The van der Waals surface area contributed by atoms with Gasteiger partial charge in [0.05, 0.1) is 11.0 Å². The Hall–Kier alpha value is -3.22. The minimum absolute atomic E-state index is 0.0600. The summed E-state index contributed by atoms with van der Waals surface area (Å²) in [5, 5.41) is 24.6. The van der Waals surface area contributed by atoms with Crippen LogP contribution in [0.25, 0.3) is 0 Å². The molecule has 0 spiro atoms. The smallest absolute Gasteiger partial charge is 0.269 e. The minimum atomic E-state index is -1.37. The maximum Gasteiger partial charge on any atom is 0.269 e. The van der Waals surface area contributed by atoms with Gasteiger partial charge in [0.2, 0.25) is 0 Å². The normalized spacial score (nSPS) is 12.3. The molecule has 1 N–H and O–H groups in total. The summed E-state index contributed by atoms with van der Waals surface area (Å²) in [5.74, 6) is -1.83. The van der Waals surface area contributed by atoms with Gasteiger partial charge in [-0.05, 0) is 28.7 Å². The van der Waals surface area contributed by atoms with E-state index in [1.807, 2.05) is 12.1 Å². The molecule has 0 unspecified atom stereocenters. The number of carbonyl (C=O) groups excluding carboxylic acids is 2. The molecule has 0 heterocycles. The molecule has 0 saturated carbocycles. The topological polar surface area (TPSA) is 112 Å². The van der Waals surface area contributed by atoms with E-state index in [1.165, 1.54) is 24.3 Å². The number of amides is 1. The number of hydrogen-bond donors (Lipinski definition) is 1. The van der Waals surface area contributed by atoms with Gasteiger partial charge in [-0.15, -0.1) is 0 Å². The zero-order chi connectivity index (χ0) is 20.2. The van der Waals surface area contributed by atoms with E-state index >= 15 is 0 Å². The first-order valence-electron chi connectivity index (χ1n) is 8.43. The Bertz CT molecular complexity index is 853. The molecule has 0 aliphatic rings. The molecule has 2 aromatic carbocycles. The fraction of sp³-hybridized carbons (Fsp3) is 0.300. The predicted molar refractivity (Wildman–Crippen MR) is 98.1 cm³/mol. The highest BCUT2D eigenvalue weighted by atomic mass is 16.6. The molecule has 0 aliphatic carbocycles. The molecule has 0 aromatic heterocycles. The third-order valence-corrected chi connectivity index (χ3v) is 4.17. The van der Waals surface area contributed by atoms with Crippen molar-refractivity contribution in [1.29, 1.82) is 0 Å². The monoisotopic (exact) mass is 369 g/mol. The average Bonchev–Trinajstić information content (AvgIpc) is 2.60. The molecule has 2 aromatic rings. The number of carboxylic acid groups (broad SMARTS) is 1. The Balaban J connectivity index is 2.25. The number of nitro benzene ring substituents is 1. The lowest BCUT2D eigenvalue weighted by atomic mass is 9.86. The van der Waals surface area contributed by atoms with E-state index in [0.717, 1.165) is 5.56 Å². The Morgan fingerprint density at radius 2 is 1.74 bits per heavy atom. The zero-order valence-electron chi connectivity index (χ0n) is 15.4. The summed E-state index contributed by atoms with van der Waals surface area (Å²) in [6.07, 6.45) is -0.493.